The van der Waals surface area contributed by atoms with E-state index in [1.807, 2.05) is 15.2 Å². The molecule has 0 spiro atoms. The first kappa shape index (κ1) is 22.0. The van der Waals surface area contributed by atoms with E-state index in [0.717, 1.165) is 21.7 Å². The SMILES string of the molecule is CCC[I-]N([I-]CCC)C(C)C(O)C(F)(F)F.[Ni]. The zero-order valence-corrected chi connectivity index (χ0v) is 15.9. The average Bonchev–Trinajstić information content (AvgIpc) is 2.26. The number of nitrogens with zero attached hydrogens (tertiary/aromatic N) is 1. The van der Waals surface area contributed by atoms with E-state index in [-0.39, 0.29) is 59.4 Å². The summed E-state index contributed by atoms with van der Waals surface area (Å²) in [4.78, 5) is 0. The van der Waals surface area contributed by atoms with Crippen LogP contribution in [0, 0.1) is 0 Å². The van der Waals surface area contributed by atoms with Gasteiger partial charge in [0, 0.05) is 16.5 Å². The van der Waals surface area contributed by atoms with Gasteiger partial charge in [0.05, 0.1) is 0 Å². The van der Waals surface area contributed by atoms with Gasteiger partial charge in [-0.3, -0.25) is 0 Å². The number of hydrogen-bond acceptors (Lipinski definition) is 2. The average molecular weight is 540 g/mol. The number of halogens is 5. The van der Waals surface area contributed by atoms with Gasteiger partial charge in [0.2, 0.25) is 0 Å². The van der Waals surface area contributed by atoms with Crippen LogP contribution in [-0.2, 0) is 16.5 Å². The maximum absolute atomic E-state index is 12.5. The molecule has 0 rings (SSSR count). The molecule has 0 radical (unpaired) electrons. The minimum absolute atomic E-state index is 0. The summed E-state index contributed by atoms with van der Waals surface area (Å²) in [5, 5.41) is 9.29. The molecule has 118 valence electrons. The summed E-state index contributed by atoms with van der Waals surface area (Å²) in [5.74, 6) is 0. The maximum Gasteiger partial charge on any atom is 0 e. The van der Waals surface area contributed by atoms with Crippen LogP contribution in [0.1, 0.15) is 33.6 Å². The number of alkyl halides is 5. The fourth-order valence-electron chi connectivity index (χ4n) is 0.960. The second kappa shape index (κ2) is 11.3. The predicted octanol–water partition coefficient (Wildman–Crippen LogP) is -3.57. The van der Waals surface area contributed by atoms with Gasteiger partial charge < -0.3 is 0 Å². The van der Waals surface area contributed by atoms with Crippen molar-refractivity contribution in [3.63, 3.8) is 0 Å². The minimum Gasteiger partial charge on any atom is 0 e. The van der Waals surface area contributed by atoms with Crippen molar-refractivity contribution in [1.29, 1.82) is 0 Å². The van der Waals surface area contributed by atoms with Crippen molar-refractivity contribution in [3.8, 4) is 0 Å². The number of aliphatic hydroxyl groups excluding tert-OH is 1. The molecule has 0 aliphatic heterocycles. The molecule has 0 aromatic carbocycles. The molecule has 2 nitrogen and oxygen atoms in total. The molecule has 2 atom stereocenters. The zero-order chi connectivity index (χ0) is 13.5. The Morgan fingerprint density at radius 2 is 1.50 bits per heavy atom. The van der Waals surface area contributed by atoms with Crippen molar-refractivity contribution in [3.05, 3.63) is 0 Å². The summed E-state index contributed by atoms with van der Waals surface area (Å²) in [7, 11) is 0. The zero-order valence-electron chi connectivity index (χ0n) is 10.6. The second-order valence-corrected chi connectivity index (χ2v) is 11.1. The molecule has 0 saturated carbocycles. The molecule has 8 heteroatoms. The van der Waals surface area contributed by atoms with Gasteiger partial charge in [-0.15, -0.1) is 0 Å². The van der Waals surface area contributed by atoms with Crippen LogP contribution in [0.4, 0.5) is 13.2 Å². The molecule has 2 unspecified atom stereocenters. The van der Waals surface area contributed by atoms with Crippen LogP contribution in [-0.4, -0.2) is 33.6 Å². The third kappa shape index (κ3) is 8.76. The third-order valence-corrected chi connectivity index (χ3v) is 11.5. The molecule has 0 aromatic rings. The summed E-state index contributed by atoms with van der Waals surface area (Å²) in [5.41, 5.74) is 0. The van der Waals surface area contributed by atoms with Gasteiger partial charge in [0.25, 0.3) is 0 Å². The monoisotopic (exact) mass is 539 g/mol. The van der Waals surface area contributed by atoms with Gasteiger partial charge in [0.15, 0.2) is 0 Å². The summed E-state index contributed by atoms with van der Waals surface area (Å²) in [6, 6.07) is -0.770. The first-order chi connectivity index (χ1) is 7.84. The Bertz CT molecular complexity index is 202. The summed E-state index contributed by atoms with van der Waals surface area (Å²) in [6.45, 7) is 5.59. The molecule has 0 saturated heterocycles. The largest absolute Gasteiger partial charge is 0 e. The van der Waals surface area contributed by atoms with E-state index in [9.17, 15) is 18.3 Å². The molecule has 0 aromatic heterocycles. The van der Waals surface area contributed by atoms with Crippen molar-refractivity contribution < 1.29 is 77.7 Å². The van der Waals surface area contributed by atoms with Crippen molar-refractivity contribution >= 4 is 0 Å². The number of aliphatic hydroxyl groups is 1. The van der Waals surface area contributed by atoms with Gasteiger partial charge in [0.1, 0.15) is 0 Å². The Kier molecular flexibility index (Phi) is 13.8. The van der Waals surface area contributed by atoms with E-state index in [1.54, 1.807) is 0 Å². The van der Waals surface area contributed by atoms with Gasteiger partial charge >= 0.3 is 123 Å². The molecular formula is C10H20F3I2NNiO-2. The first-order valence-corrected chi connectivity index (χ1v) is 10.6. The van der Waals surface area contributed by atoms with E-state index in [2.05, 4.69) is 0 Å². The van der Waals surface area contributed by atoms with E-state index < -0.39 is 18.3 Å². The smallest absolute Gasteiger partial charge is 0 e. The molecule has 18 heavy (non-hydrogen) atoms. The molecule has 0 amide bonds. The van der Waals surface area contributed by atoms with Crippen LogP contribution in [0.15, 0.2) is 0 Å². The van der Waals surface area contributed by atoms with Crippen molar-refractivity contribution in [2.24, 2.45) is 0 Å². The fraction of sp³-hybridized carbons (Fsp3) is 1.00. The molecular weight excluding hydrogens is 520 g/mol. The molecule has 0 bridgehead atoms. The topological polar surface area (TPSA) is 23.5 Å². The number of rotatable bonds is 8. The maximum atomic E-state index is 12.5. The summed E-state index contributed by atoms with van der Waals surface area (Å²) < 4.78 is 41.3. The van der Waals surface area contributed by atoms with Crippen molar-refractivity contribution in [2.45, 2.75) is 51.9 Å². The molecule has 0 aliphatic carbocycles. The predicted molar refractivity (Wildman–Crippen MR) is 53.7 cm³/mol. The molecule has 1 N–H and O–H groups in total. The Morgan fingerprint density at radius 3 is 1.78 bits per heavy atom. The van der Waals surface area contributed by atoms with Gasteiger partial charge in [-0.2, -0.15) is 0 Å². The van der Waals surface area contributed by atoms with Gasteiger partial charge in [-0.1, -0.05) is 0 Å². The van der Waals surface area contributed by atoms with Crippen LogP contribution in [0.3, 0.4) is 0 Å². The Hall–Kier alpha value is 1.66. The summed E-state index contributed by atoms with van der Waals surface area (Å²) >= 11 is -0.707. The van der Waals surface area contributed by atoms with Crippen LogP contribution >= 0.6 is 0 Å². The van der Waals surface area contributed by atoms with Crippen LogP contribution in [0.2, 0.25) is 0 Å². The molecule has 0 heterocycles. The van der Waals surface area contributed by atoms with Crippen LogP contribution < -0.4 is 43.0 Å². The molecule has 0 aliphatic rings. The Labute approximate surface area is 139 Å². The second-order valence-electron chi connectivity index (χ2n) is 3.60. The first-order valence-electron chi connectivity index (χ1n) is 5.57. The number of hydrogen-bond donors (Lipinski definition) is 1. The fourth-order valence-corrected chi connectivity index (χ4v) is 8.55. The third-order valence-electron chi connectivity index (χ3n) is 1.88. The van der Waals surface area contributed by atoms with Crippen molar-refractivity contribution in [2.75, 3.05) is 8.86 Å². The Balaban J connectivity index is 0. The van der Waals surface area contributed by atoms with E-state index in [1.165, 1.54) is 6.92 Å². The van der Waals surface area contributed by atoms with E-state index in [0.29, 0.717) is 0 Å². The minimum atomic E-state index is -4.50. The van der Waals surface area contributed by atoms with Gasteiger partial charge in [-0.05, 0) is 0 Å². The quantitative estimate of drug-likeness (QED) is 0.149. The van der Waals surface area contributed by atoms with Crippen molar-refractivity contribution in [1.82, 2.24) is 1.33 Å². The summed E-state index contributed by atoms with van der Waals surface area (Å²) in [6.07, 6.45) is -4.68. The van der Waals surface area contributed by atoms with Gasteiger partial charge in [-0.25, -0.2) is 0 Å². The standard InChI is InChI=1S/C10H20F3I2NO.Ni/c1-4-6-14-16(15-7-5-2)8(3)9(17)10(11,12)13;/h8-9,17H,4-7H2,1-3H3;/q-2;. The van der Waals surface area contributed by atoms with Crippen LogP contribution in [0.25, 0.3) is 0 Å². The normalized spacial score (nSPS) is 15.8. The van der Waals surface area contributed by atoms with Crippen LogP contribution in [0.5, 0.6) is 0 Å². The van der Waals surface area contributed by atoms with E-state index >= 15 is 0 Å². The Morgan fingerprint density at radius 1 is 1.11 bits per heavy atom. The molecule has 0 fully saturated rings. The van der Waals surface area contributed by atoms with E-state index in [4.69, 9.17) is 0 Å².